The Kier molecular flexibility index (Phi) is 6.56. The third-order valence-electron chi connectivity index (χ3n) is 3.93. The van der Waals surface area contributed by atoms with Gasteiger partial charge in [-0.1, -0.05) is 5.16 Å². The Morgan fingerprint density at radius 1 is 1.11 bits per heavy atom. The van der Waals surface area contributed by atoms with Crippen LogP contribution in [0.1, 0.15) is 12.0 Å². The number of nitrogens with one attached hydrogen (secondary N) is 1. The summed E-state index contributed by atoms with van der Waals surface area (Å²) in [6.45, 7) is 0.954. The Bertz CT molecular complexity index is 853. The lowest BCUT2D eigenvalue weighted by molar-refractivity contribution is -0.120. The first-order chi connectivity index (χ1) is 13.7. The molecule has 0 fully saturated rings. The molecule has 0 bridgehead atoms. The Labute approximate surface area is 163 Å². The summed E-state index contributed by atoms with van der Waals surface area (Å²) in [6.07, 6.45) is 2.28. The van der Waals surface area contributed by atoms with Crippen LogP contribution in [-0.4, -0.2) is 46.2 Å². The number of hydrogen-bond acceptors (Lipinski definition) is 7. The molecule has 0 aliphatic carbocycles. The van der Waals surface area contributed by atoms with Crippen LogP contribution in [0.2, 0.25) is 0 Å². The molecule has 0 saturated carbocycles. The zero-order chi connectivity index (χ0) is 19.8. The second-order valence-corrected chi connectivity index (χ2v) is 5.88. The fourth-order valence-electron chi connectivity index (χ4n) is 2.57. The van der Waals surface area contributed by atoms with Crippen LogP contribution in [0.4, 0.5) is 5.69 Å². The van der Waals surface area contributed by atoms with Crippen molar-refractivity contribution in [2.45, 2.75) is 6.42 Å². The molecule has 0 saturated heterocycles. The van der Waals surface area contributed by atoms with Gasteiger partial charge in [0.25, 0.3) is 5.91 Å². The molecule has 1 heterocycles. The van der Waals surface area contributed by atoms with Crippen LogP contribution in [-0.2, 0) is 9.63 Å². The predicted molar refractivity (Wildman–Crippen MR) is 104 cm³/mol. The van der Waals surface area contributed by atoms with Crippen molar-refractivity contribution in [3.05, 3.63) is 42.0 Å². The van der Waals surface area contributed by atoms with Gasteiger partial charge >= 0.3 is 0 Å². The van der Waals surface area contributed by atoms with Crippen LogP contribution in [0.3, 0.4) is 0 Å². The lowest BCUT2D eigenvalue weighted by Crippen LogP contribution is -2.17. The summed E-state index contributed by atoms with van der Waals surface area (Å²) in [5.41, 5.74) is 1.27. The first-order valence-corrected chi connectivity index (χ1v) is 8.76. The van der Waals surface area contributed by atoms with E-state index in [0.717, 1.165) is 6.42 Å². The lowest BCUT2D eigenvalue weighted by atomic mass is 10.2. The molecule has 1 amide bonds. The molecule has 148 valence electrons. The first kappa shape index (κ1) is 19.3. The normalized spacial score (nSPS) is 12.9. The zero-order valence-electron chi connectivity index (χ0n) is 15.8. The van der Waals surface area contributed by atoms with E-state index in [1.54, 1.807) is 50.6 Å². The summed E-state index contributed by atoms with van der Waals surface area (Å²) in [6, 6.07) is 10.5. The Morgan fingerprint density at radius 2 is 1.93 bits per heavy atom. The van der Waals surface area contributed by atoms with Crippen molar-refractivity contribution in [3.8, 4) is 23.0 Å². The number of anilines is 1. The highest BCUT2D eigenvalue weighted by Gasteiger charge is 2.12. The topological polar surface area (TPSA) is 87.6 Å². The van der Waals surface area contributed by atoms with E-state index in [4.69, 9.17) is 23.8 Å². The fraction of sp³-hybridized carbons (Fsp3) is 0.300. The van der Waals surface area contributed by atoms with Crippen molar-refractivity contribution in [2.24, 2.45) is 5.16 Å². The minimum absolute atomic E-state index is 0.239. The molecule has 1 N–H and O–H groups in total. The predicted octanol–water partition coefficient (Wildman–Crippen LogP) is 2.85. The maximum atomic E-state index is 12.1. The number of benzene rings is 2. The Hall–Kier alpha value is -3.42. The minimum Gasteiger partial charge on any atom is -0.497 e. The third-order valence-corrected chi connectivity index (χ3v) is 3.93. The average molecular weight is 386 g/mol. The monoisotopic (exact) mass is 386 g/mol. The van der Waals surface area contributed by atoms with Gasteiger partial charge in [0.05, 0.1) is 33.6 Å². The zero-order valence-corrected chi connectivity index (χ0v) is 15.8. The van der Waals surface area contributed by atoms with Crippen molar-refractivity contribution in [3.63, 3.8) is 0 Å². The van der Waals surface area contributed by atoms with Crippen LogP contribution in [0.25, 0.3) is 0 Å². The van der Waals surface area contributed by atoms with Gasteiger partial charge in [0.15, 0.2) is 18.1 Å². The third kappa shape index (κ3) is 5.06. The van der Waals surface area contributed by atoms with Crippen molar-refractivity contribution in [1.29, 1.82) is 0 Å². The summed E-state index contributed by atoms with van der Waals surface area (Å²) < 4.78 is 21.6. The van der Waals surface area contributed by atoms with Gasteiger partial charge in [0, 0.05) is 23.7 Å². The number of ether oxygens (including phenoxy) is 4. The highest BCUT2D eigenvalue weighted by Crippen LogP contribution is 2.32. The summed E-state index contributed by atoms with van der Waals surface area (Å²) in [4.78, 5) is 17.1. The molecule has 1 aliphatic rings. The van der Waals surface area contributed by atoms with Gasteiger partial charge < -0.3 is 29.1 Å². The van der Waals surface area contributed by atoms with Gasteiger partial charge in [0.1, 0.15) is 11.5 Å². The van der Waals surface area contributed by atoms with E-state index >= 15 is 0 Å². The first-order valence-electron chi connectivity index (χ1n) is 8.76. The largest absolute Gasteiger partial charge is 0.497 e. The molecule has 0 atom stereocenters. The summed E-state index contributed by atoms with van der Waals surface area (Å²) >= 11 is 0. The van der Waals surface area contributed by atoms with Crippen molar-refractivity contribution >= 4 is 17.8 Å². The Morgan fingerprint density at radius 3 is 2.71 bits per heavy atom. The van der Waals surface area contributed by atoms with Crippen LogP contribution in [0.15, 0.2) is 41.6 Å². The molecule has 1 aliphatic heterocycles. The summed E-state index contributed by atoms with van der Waals surface area (Å²) in [5, 5.41) is 6.56. The smallest absolute Gasteiger partial charge is 0.265 e. The molecular formula is C20H22N2O6. The van der Waals surface area contributed by atoms with E-state index in [9.17, 15) is 4.79 Å². The standard InChI is InChI=1S/C20H22N2O6/c1-24-16-5-7-17(25-2)14(10-16)12-21-28-13-20(23)22-15-4-6-18-19(11-15)27-9-3-8-26-18/h4-7,10-12H,3,8-9,13H2,1-2H3,(H,22,23)/b21-12+. The maximum Gasteiger partial charge on any atom is 0.265 e. The number of amides is 1. The van der Waals surface area contributed by atoms with Gasteiger partial charge in [-0.05, 0) is 30.3 Å². The van der Waals surface area contributed by atoms with E-state index in [-0.39, 0.29) is 12.5 Å². The van der Waals surface area contributed by atoms with E-state index in [0.29, 0.717) is 47.5 Å². The summed E-state index contributed by atoms with van der Waals surface area (Å²) in [7, 11) is 3.13. The average Bonchev–Trinajstić information content (AvgIpc) is 2.96. The molecule has 3 rings (SSSR count). The molecule has 28 heavy (non-hydrogen) atoms. The van der Waals surface area contributed by atoms with Gasteiger partial charge in [-0.2, -0.15) is 0 Å². The Balaban J connectivity index is 1.54. The number of nitrogens with zero attached hydrogens (tertiary/aromatic N) is 1. The van der Waals surface area contributed by atoms with Gasteiger partial charge in [-0.3, -0.25) is 4.79 Å². The highest BCUT2D eigenvalue weighted by molar-refractivity contribution is 5.92. The SMILES string of the molecule is COc1ccc(OC)c(/C=N/OCC(=O)Nc2ccc3c(c2)OCCCO3)c1. The molecule has 0 unspecified atom stereocenters. The van der Waals surface area contributed by atoms with E-state index < -0.39 is 0 Å². The minimum atomic E-state index is -0.343. The van der Waals surface area contributed by atoms with Crippen molar-refractivity contribution < 1.29 is 28.6 Å². The summed E-state index contributed by atoms with van der Waals surface area (Å²) in [5.74, 6) is 2.21. The molecule has 0 radical (unpaired) electrons. The fourth-order valence-corrected chi connectivity index (χ4v) is 2.57. The van der Waals surface area contributed by atoms with Crippen molar-refractivity contribution in [1.82, 2.24) is 0 Å². The second-order valence-electron chi connectivity index (χ2n) is 5.88. The van der Waals surface area contributed by atoms with Crippen LogP contribution in [0.5, 0.6) is 23.0 Å². The van der Waals surface area contributed by atoms with Crippen LogP contribution < -0.4 is 24.3 Å². The highest BCUT2D eigenvalue weighted by atomic mass is 16.6. The van der Waals surface area contributed by atoms with E-state index in [2.05, 4.69) is 10.5 Å². The van der Waals surface area contributed by atoms with Crippen molar-refractivity contribution in [2.75, 3.05) is 39.4 Å². The van der Waals surface area contributed by atoms with Gasteiger partial charge in [-0.15, -0.1) is 0 Å². The van der Waals surface area contributed by atoms with Crippen LogP contribution in [0, 0.1) is 0 Å². The molecule has 8 nitrogen and oxygen atoms in total. The molecular weight excluding hydrogens is 364 g/mol. The van der Waals surface area contributed by atoms with Crippen LogP contribution >= 0.6 is 0 Å². The molecule has 2 aromatic carbocycles. The quantitative estimate of drug-likeness (QED) is 0.582. The number of methoxy groups -OCH3 is 2. The number of oxime groups is 1. The molecule has 0 aromatic heterocycles. The number of hydrogen-bond donors (Lipinski definition) is 1. The maximum absolute atomic E-state index is 12.1. The van der Waals surface area contributed by atoms with Gasteiger partial charge in [0.2, 0.25) is 0 Å². The second kappa shape index (κ2) is 9.50. The molecule has 0 spiro atoms. The number of carbonyl (C=O) groups is 1. The number of carbonyl (C=O) groups excluding carboxylic acids is 1. The molecule has 2 aromatic rings. The lowest BCUT2D eigenvalue weighted by Gasteiger charge is -2.10. The van der Waals surface area contributed by atoms with E-state index in [1.165, 1.54) is 6.21 Å². The number of fused-ring (bicyclic) bond motifs is 1. The van der Waals surface area contributed by atoms with E-state index in [1.807, 2.05) is 0 Å². The van der Waals surface area contributed by atoms with Gasteiger partial charge in [-0.25, -0.2) is 0 Å². The number of rotatable bonds is 7. The molecule has 8 heteroatoms.